The summed E-state index contributed by atoms with van der Waals surface area (Å²) in [4.78, 5) is 23.5. The van der Waals surface area contributed by atoms with Crippen LogP contribution in [-0.2, 0) is 18.8 Å². The number of hydrogen-bond acceptors (Lipinski definition) is 5. The van der Waals surface area contributed by atoms with Gasteiger partial charge in [0.1, 0.15) is 22.6 Å². The number of carbonyl (C=O) groups is 1. The average Bonchev–Trinajstić information content (AvgIpc) is 3.27. The molecule has 0 saturated heterocycles. The van der Waals surface area contributed by atoms with Crippen LogP contribution in [0.4, 0.5) is 10.6 Å². The number of amides is 2. The molecule has 4 heterocycles. The van der Waals surface area contributed by atoms with Crippen LogP contribution in [0.15, 0.2) is 10.5 Å². The molecular weight excluding hydrogens is 415 g/mol. The molecule has 0 fully saturated rings. The smallest absolute Gasteiger partial charge is 0.323 e. The summed E-state index contributed by atoms with van der Waals surface area (Å²) < 4.78 is 7.93. The van der Waals surface area contributed by atoms with Gasteiger partial charge in [0.2, 0.25) is 5.71 Å². The van der Waals surface area contributed by atoms with Crippen LogP contribution in [-0.4, -0.2) is 32.3 Å². The van der Waals surface area contributed by atoms with E-state index < -0.39 is 0 Å². The summed E-state index contributed by atoms with van der Waals surface area (Å²) in [6.07, 6.45) is 3.39. The van der Waals surface area contributed by atoms with Crippen molar-refractivity contribution in [2.45, 2.75) is 51.1 Å². The maximum atomic E-state index is 13.1. The number of hydrogen-bond donors (Lipinski definition) is 1. The van der Waals surface area contributed by atoms with E-state index in [9.17, 15) is 4.79 Å². The zero-order valence-corrected chi connectivity index (χ0v) is 17.4. The first-order valence-electron chi connectivity index (χ1n) is 9.71. The molecule has 1 aliphatic carbocycles. The van der Waals surface area contributed by atoms with Gasteiger partial charge in [-0.3, -0.25) is 4.90 Å². The molecule has 2 amide bonds. The molecule has 3 aromatic heterocycles. The molecule has 152 valence electrons. The number of aryl methyl sites for hydroxylation is 3. The first-order valence-corrected chi connectivity index (χ1v) is 10.6. The predicted molar refractivity (Wildman–Crippen MR) is 110 cm³/mol. The number of anilines is 1. The predicted octanol–water partition coefficient (Wildman–Crippen LogP) is 4.12. The van der Waals surface area contributed by atoms with Gasteiger partial charge < -0.3 is 9.73 Å². The molecule has 1 atom stereocenters. The van der Waals surface area contributed by atoms with Gasteiger partial charge in [-0.2, -0.15) is 10.1 Å². The highest BCUT2D eigenvalue weighted by Gasteiger charge is 2.32. The number of carbonyl (C=O) groups excluding carboxylic acids is 1. The molecular formula is C19H20Cl2N6O2. The Balaban J connectivity index is 1.46. The van der Waals surface area contributed by atoms with Crippen molar-refractivity contribution in [1.82, 2.24) is 25.1 Å². The van der Waals surface area contributed by atoms with Crippen molar-refractivity contribution in [3.8, 4) is 0 Å². The monoisotopic (exact) mass is 434 g/mol. The van der Waals surface area contributed by atoms with Crippen LogP contribution in [0.3, 0.4) is 0 Å². The molecule has 0 saturated carbocycles. The number of urea groups is 1. The van der Waals surface area contributed by atoms with E-state index in [1.54, 1.807) is 4.90 Å². The Morgan fingerprint density at radius 3 is 3.03 bits per heavy atom. The second-order valence-corrected chi connectivity index (χ2v) is 8.08. The topological polar surface area (TPSA) is 89.1 Å². The highest BCUT2D eigenvalue weighted by molar-refractivity contribution is 6.34. The van der Waals surface area contributed by atoms with E-state index in [1.807, 2.05) is 17.7 Å². The summed E-state index contributed by atoms with van der Waals surface area (Å²) in [7, 11) is 0. The van der Waals surface area contributed by atoms with E-state index in [1.165, 1.54) is 0 Å². The summed E-state index contributed by atoms with van der Waals surface area (Å²) in [5.74, 6) is 2.12. The van der Waals surface area contributed by atoms with Crippen LogP contribution >= 0.6 is 23.2 Å². The van der Waals surface area contributed by atoms with Crippen molar-refractivity contribution < 1.29 is 9.21 Å². The number of nitrogens with zero attached hydrogens (tertiary/aromatic N) is 5. The van der Waals surface area contributed by atoms with E-state index in [0.717, 1.165) is 54.7 Å². The van der Waals surface area contributed by atoms with Crippen LogP contribution < -0.4 is 10.2 Å². The largest absolute Gasteiger partial charge is 0.440 e. The zero-order chi connectivity index (χ0) is 20.1. The Labute approximate surface area is 177 Å². The lowest BCUT2D eigenvalue weighted by Crippen LogP contribution is -2.45. The summed E-state index contributed by atoms with van der Waals surface area (Å²) in [6, 6.07) is 1.55. The number of alkyl halides is 1. The number of nitrogens with one attached hydrogen (secondary N) is 1. The maximum Gasteiger partial charge on any atom is 0.323 e. The molecule has 3 aromatic rings. The Hall–Kier alpha value is -2.32. The zero-order valence-electron chi connectivity index (χ0n) is 15.9. The first-order chi connectivity index (χ1) is 14.0. The van der Waals surface area contributed by atoms with E-state index in [4.69, 9.17) is 27.6 Å². The van der Waals surface area contributed by atoms with E-state index in [-0.39, 0.29) is 18.0 Å². The lowest BCUT2D eigenvalue weighted by Gasteiger charge is -2.30. The molecule has 10 heteroatoms. The SMILES string of the molecule is Cc1cc2n(n1)CCCN2C(=O)NC1CCCc2c1oc1nc(CCl)nc(Cl)c21. The number of rotatable bonds is 2. The van der Waals surface area contributed by atoms with Gasteiger partial charge in [0.05, 0.1) is 23.0 Å². The minimum Gasteiger partial charge on any atom is -0.440 e. The number of furan rings is 1. The average molecular weight is 435 g/mol. The van der Waals surface area contributed by atoms with Crippen LogP contribution in [0.5, 0.6) is 0 Å². The Kier molecular flexibility index (Phi) is 4.63. The minimum absolute atomic E-state index is 0.150. The van der Waals surface area contributed by atoms with Gasteiger partial charge in [-0.05, 0) is 32.6 Å². The van der Waals surface area contributed by atoms with Crippen LogP contribution in [0.2, 0.25) is 5.15 Å². The number of aromatic nitrogens is 4. The fourth-order valence-electron chi connectivity index (χ4n) is 4.25. The van der Waals surface area contributed by atoms with Crippen LogP contribution in [0, 0.1) is 6.92 Å². The summed E-state index contributed by atoms with van der Waals surface area (Å²) in [5.41, 5.74) is 2.31. The third kappa shape index (κ3) is 3.14. The molecule has 1 unspecified atom stereocenters. The van der Waals surface area contributed by atoms with E-state index >= 15 is 0 Å². The molecule has 1 N–H and O–H groups in total. The minimum atomic E-state index is -0.240. The van der Waals surface area contributed by atoms with Crippen molar-refractivity contribution in [3.05, 3.63) is 34.1 Å². The maximum absolute atomic E-state index is 13.1. The van der Waals surface area contributed by atoms with E-state index in [2.05, 4.69) is 20.4 Å². The molecule has 5 rings (SSSR count). The Bertz CT molecular complexity index is 1110. The van der Waals surface area contributed by atoms with Gasteiger partial charge in [0.25, 0.3) is 0 Å². The second-order valence-electron chi connectivity index (χ2n) is 7.46. The molecule has 0 radical (unpaired) electrons. The highest BCUT2D eigenvalue weighted by atomic mass is 35.5. The van der Waals surface area contributed by atoms with Gasteiger partial charge in [-0.25, -0.2) is 14.5 Å². The van der Waals surface area contributed by atoms with Gasteiger partial charge in [0, 0.05) is 24.7 Å². The molecule has 8 nitrogen and oxygen atoms in total. The third-order valence-electron chi connectivity index (χ3n) is 5.49. The molecule has 0 spiro atoms. The van der Waals surface area contributed by atoms with Gasteiger partial charge in [0.15, 0.2) is 0 Å². The van der Waals surface area contributed by atoms with Crippen molar-refractivity contribution in [2.75, 3.05) is 11.4 Å². The van der Waals surface area contributed by atoms with Gasteiger partial charge in [-0.1, -0.05) is 11.6 Å². The molecule has 2 aliphatic rings. The third-order valence-corrected chi connectivity index (χ3v) is 6.00. The van der Waals surface area contributed by atoms with Crippen molar-refractivity contribution in [3.63, 3.8) is 0 Å². The molecule has 29 heavy (non-hydrogen) atoms. The summed E-state index contributed by atoms with van der Waals surface area (Å²) in [5, 5.41) is 8.66. The van der Waals surface area contributed by atoms with Crippen molar-refractivity contribution in [1.29, 1.82) is 0 Å². The van der Waals surface area contributed by atoms with Crippen molar-refractivity contribution >= 4 is 46.2 Å². The summed E-state index contributed by atoms with van der Waals surface area (Å²) >= 11 is 12.2. The van der Waals surface area contributed by atoms with Gasteiger partial charge >= 0.3 is 6.03 Å². The first kappa shape index (κ1) is 18.7. The second kappa shape index (κ2) is 7.18. The lowest BCUT2D eigenvalue weighted by molar-refractivity contribution is 0.236. The fourth-order valence-corrected chi connectivity index (χ4v) is 4.66. The fraction of sp³-hybridized carbons (Fsp3) is 0.474. The highest BCUT2D eigenvalue weighted by Crippen LogP contribution is 2.39. The lowest BCUT2D eigenvalue weighted by atomic mass is 9.93. The van der Waals surface area contributed by atoms with Crippen molar-refractivity contribution in [2.24, 2.45) is 0 Å². The van der Waals surface area contributed by atoms with Gasteiger partial charge in [-0.15, -0.1) is 11.6 Å². The number of halogens is 2. The Morgan fingerprint density at radius 2 is 2.21 bits per heavy atom. The van der Waals surface area contributed by atoms with E-state index in [0.29, 0.717) is 29.0 Å². The standard InChI is InChI=1S/C19H20Cl2N6O2/c1-10-8-14-26(6-3-7-27(14)25-10)19(28)22-12-5-2-4-11-15-17(21)23-13(9-20)24-18(15)29-16(11)12/h8,12H,2-7,9H2,1H3,(H,22,28). The van der Waals surface area contributed by atoms with Crippen LogP contribution in [0.1, 0.15) is 48.1 Å². The molecule has 1 aliphatic heterocycles. The number of fused-ring (bicyclic) bond motifs is 4. The quantitative estimate of drug-likeness (QED) is 0.483. The molecule has 0 bridgehead atoms. The Morgan fingerprint density at radius 1 is 1.34 bits per heavy atom. The normalized spacial score (nSPS) is 18.6. The van der Waals surface area contributed by atoms with Crippen LogP contribution in [0.25, 0.3) is 11.1 Å². The summed E-state index contributed by atoms with van der Waals surface area (Å²) in [6.45, 7) is 3.42. The molecule has 0 aromatic carbocycles.